The van der Waals surface area contributed by atoms with Gasteiger partial charge in [-0.15, -0.1) is 11.3 Å². The fraction of sp³-hybridized carbons (Fsp3) is 0.150. The van der Waals surface area contributed by atoms with Crippen LogP contribution in [-0.4, -0.2) is 23.9 Å². The molecule has 0 aliphatic carbocycles. The predicted molar refractivity (Wildman–Crippen MR) is 96.7 cm³/mol. The molecule has 24 heavy (non-hydrogen) atoms. The molecule has 0 fully saturated rings. The smallest absolute Gasteiger partial charge is 0.255 e. The Bertz CT molecular complexity index is 926. The third-order valence-electron chi connectivity index (χ3n) is 4.42. The number of hydrogen-bond donors (Lipinski definition) is 0. The van der Waals surface area contributed by atoms with Crippen molar-refractivity contribution in [2.24, 2.45) is 0 Å². The molecule has 2 heterocycles. The van der Waals surface area contributed by atoms with Crippen LogP contribution in [0.5, 0.6) is 0 Å². The molecule has 1 aliphatic rings. The van der Waals surface area contributed by atoms with Crippen LogP contribution < -0.4 is 0 Å². The minimum absolute atomic E-state index is 0.0851. The fourth-order valence-electron chi connectivity index (χ4n) is 3.09. The van der Waals surface area contributed by atoms with Crippen molar-refractivity contribution in [3.63, 3.8) is 0 Å². The topological polar surface area (TPSA) is 20.3 Å². The zero-order valence-corrected chi connectivity index (χ0v) is 13.9. The lowest BCUT2D eigenvalue weighted by atomic mass is 9.99. The summed E-state index contributed by atoms with van der Waals surface area (Å²) in [5, 5.41) is 2.98. The van der Waals surface area contributed by atoms with Gasteiger partial charge in [0.2, 0.25) is 0 Å². The van der Waals surface area contributed by atoms with Gasteiger partial charge in [-0.1, -0.05) is 36.4 Å². The number of fused-ring (bicyclic) bond motifs is 1. The lowest BCUT2D eigenvalue weighted by molar-refractivity contribution is 0.0775. The van der Waals surface area contributed by atoms with E-state index in [9.17, 15) is 9.18 Å². The van der Waals surface area contributed by atoms with Crippen molar-refractivity contribution in [1.82, 2.24) is 4.90 Å². The monoisotopic (exact) mass is 337 g/mol. The SMILES string of the molecule is O=C(c1csc2ccccc12)N1CC=C(c2ccc(F)cc2)CC1. The van der Waals surface area contributed by atoms with Gasteiger partial charge >= 0.3 is 0 Å². The lowest BCUT2D eigenvalue weighted by Gasteiger charge is -2.26. The van der Waals surface area contributed by atoms with Gasteiger partial charge in [0.1, 0.15) is 5.82 Å². The Morgan fingerprint density at radius 2 is 1.88 bits per heavy atom. The Labute approximate surface area is 143 Å². The highest BCUT2D eigenvalue weighted by Gasteiger charge is 2.21. The number of hydrogen-bond acceptors (Lipinski definition) is 2. The standard InChI is InChI=1S/C20H16FNOS/c21-16-7-5-14(6-8-16)15-9-11-22(12-10-15)20(23)18-13-24-19-4-2-1-3-17(18)19/h1-9,13H,10-12H2. The maximum atomic E-state index is 13.0. The lowest BCUT2D eigenvalue weighted by Crippen LogP contribution is -2.34. The Kier molecular flexibility index (Phi) is 3.90. The first-order chi connectivity index (χ1) is 11.7. The zero-order chi connectivity index (χ0) is 16.5. The highest BCUT2D eigenvalue weighted by molar-refractivity contribution is 7.17. The summed E-state index contributed by atoms with van der Waals surface area (Å²) in [6, 6.07) is 14.6. The van der Waals surface area contributed by atoms with E-state index >= 15 is 0 Å². The Balaban J connectivity index is 1.54. The van der Waals surface area contributed by atoms with E-state index in [2.05, 4.69) is 6.08 Å². The van der Waals surface area contributed by atoms with Gasteiger partial charge in [0.15, 0.2) is 0 Å². The fourth-order valence-corrected chi connectivity index (χ4v) is 4.03. The predicted octanol–water partition coefficient (Wildman–Crippen LogP) is 4.97. The van der Waals surface area contributed by atoms with Crippen molar-refractivity contribution in [3.05, 3.63) is 76.9 Å². The van der Waals surface area contributed by atoms with Gasteiger partial charge in [0.05, 0.1) is 5.56 Å². The number of halogens is 1. The molecule has 4 rings (SSSR count). The van der Waals surface area contributed by atoms with Crippen LogP contribution in [0.25, 0.3) is 15.7 Å². The van der Waals surface area contributed by atoms with Gasteiger partial charge in [-0.25, -0.2) is 4.39 Å². The number of rotatable bonds is 2. The van der Waals surface area contributed by atoms with Gasteiger partial charge < -0.3 is 4.90 Å². The Morgan fingerprint density at radius 3 is 2.62 bits per heavy atom. The van der Waals surface area contributed by atoms with E-state index in [1.54, 1.807) is 23.5 Å². The van der Waals surface area contributed by atoms with Crippen LogP contribution in [0.3, 0.4) is 0 Å². The summed E-state index contributed by atoms with van der Waals surface area (Å²) in [7, 11) is 0. The van der Waals surface area contributed by atoms with Crippen molar-refractivity contribution >= 4 is 32.9 Å². The highest BCUT2D eigenvalue weighted by atomic mass is 32.1. The summed E-state index contributed by atoms with van der Waals surface area (Å²) < 4.78 is 14.2. The molecule has 1 amide bonds. The summed E-state index contributed by atoms with van der Waals surface area (Å²) in [5.74, 6) is -0.141. The molecule has 2 aromatic carbocycles. The first-order valence-corrected chi connectivity index (χ1v) is 8.81. The number of carbonyl (C=O) groups excluding carboxylic acids is 1. The quantitative estimate of drug-likeness (QED) is 0.646. The average Bonchev–Trinajstić information content (AvgIpc) is 3.06. The molecule has 0 atom stereocenters. The third-order valence-corrected chi connectivity index (χ3v) is 5.39. The Hall–Kier alpha value is -2.46. The van der Waals surface area contributed by atoms with Crippen LogP contribution in [-0.2, 0) is 0 Å². The first-order valence-electron chi connectivity index (χ1n) is 7.93. The van der Waals surface area contributed by atoms with Gasteiger partial charge in [-0.05, 0) is 35.8 Å². The van der Waals surface area contributed by atoms with Gasteiger partial charge in [0.25, 0.3) is 5.91 Å². The maximum Gasteiger partial charge on any atom is 0.255 e. The van der Waals surface area contributed by atoms with Crippen LogP contribution in [0.4, 0.5) is 4.39 Å². The Morgan fingerprint density at radius 1 is 1.08 bits per heavy atom. The van der Waals surface area contributed by atoms with Crippen LogP contribution >= 0.6 is 11.3 Å². The number of thiophene rings is 1. The van der Waals surface area contributed by atoms with Crippen LogP contribution in [0.15, 0.2) is 60.0 Å². The van der Waals surface area contributed by atoms with Crippen molar-refractivity contribution in [2.45, 2.75) is 6.42 Å². The third kappa shape index (κ3) is 2.74. The molecular weight excluding hydrogens is 321 g/mol. The van der Waals surface area contributed by atoms with E-state index < -0.39 is 0 Å². The average molecular weight is 337 g/mol. The molecule has 3 aromatic rings. The molecule has 0 saturated carbocycles. The molecule has 120 valence electrons. The molecule has 0 N–H and O–H groups in total. The maximum absolute atomic E-state index is 13.0. The largest absolute Gasteiger partial charge is 0.335 e. The molecule has 2 nitrogen and oxygen atoms in total. The van der Waals surface area contributed by atoms with Crippen LogP contribution in [0.1, 0.15) is 22.3 Å². The summed E-state index contributed by atoms with van der Waals surface area (Å²) >= 11 is 1.61. The molecule has 1 aromatic heterocycles. The molecule has 0 radical (unpaired) electrons. The summed E-state index contributed by atoms with van der Waals surface area (Å²) in [6.45, 7) is 1.28. The number of carbonyl (C=O) groups is 1. The molecule has 0 unspecified atom stereocenters. The molecular formula is C20H16FNOS. The van der Waals surface area contributed by atoms with Gasteiger partial charge in [-0.3, -0.25) is 4.79 Å². The second-order valence-corrected chi connectivity index (χ2v) is 6.79. The van der Waals surface area contributed by atoms with E-state index in [0.717, 1.165) is 27.6 Å². The summed E-state index contributed by atoms with van der Waals surface area (Å²) in [5.41, 5.74) is 2.99. The van der Waals surface area contributed by atoms with E-state index in [-0.39, 0.29) is 11.7 Å². The van der Waals surface area contributed by atoms with Crippen molar-refractivity contribution in [2.75, 3.05) is 13.1 Å². The van der Waals surface area contributed by atoms with E-state index in [1.165, 1.54) is 17.7 Å². The number of benzene rings is 2. The zero-order valence-electron chi connectivity index (χ0n) is 13.0. The summed E-state index contributed by atoms with van der Waals surface area (Å²) in [6.07, 6.45) is 2.86. The normalized spacial score (nSPS) is 14.7. The molecule has 0 spiro atoms. The number of amides is 1. The second-order valence-electron chi connectivity index (χ2n) is 5.88. The van der Waals surface area contributed by atoms with Gasteiger partial charge in [-0.2, -0.15) is 0 Å². The van der Waals surface area contributed by atoms with Crippen LogP contribution in [0, 0.1) is 5.82 Å². The minimum atomic E-state index is -0.226. The minimum Gasteiger partial charge on any atom is -0.335 e. The van der Waals surface area contributed by atoms with Crippen molar-refractivity contribution in [1.29, 1.82) is 0 Å². The molecule has 0 saturated heterocycles. The molecule has 0 bridgehead atoms. The first kappa shape index (κ1) is 15.1. The van der Waals surface area contributed by atoms with Crippen molar-refractivity contribution < 1.29 is 9.18 Å². The van der Waals surface area contributed by atoms with Gasteiger partial charge in [0, 0.05) is 28.6 Å². The molecule has 1 aliphatic heterocycles. The van der Waals surface area contributed by atoms with E-state index in [0.29, 0.717) is 13.1 Å². The van der Waals surface area contributed by atoms with E-state index in [1.807, 2.05) is 34.5 Å². The number of nitrogens with zero attached hydrogens (tertiary/aromatic N) is 1. The summed E-state index contributed by atoms with van der Waals surface area (Å²) in [4.78, 5) is 14.7. The van der Waals surface area contributed by atoms with E-state index in [4.69, 9.17) is 0 Å². The van der Waals surface area contributed by atoms with Crippen LogP contribution in [0.2, 0.25) is 0 Å². The molecule has 4 heteroatoms. The highest BCUT2D eigenvalue weighted by Crippen LogP contribution is 2.28. The van der Waals surface area contributed by atoms with Crippen molar-refractivity contribution in [3.8, 4) is 0 Å². The second kappa shape index (κ2) is 6.21.